The molecule has 0 aromatic heterocycles. The SMILES string of the molecule is CCCN(C)c1ccc(CO)cc1Br. The number of hydrogen-bond acceptors (Lipinski definition) is 2. The Kier molecular flexibility index (Phi) is 4.42. The Balaban J connectivity index is 2.88. The first kappa shape index (κ1) is 11.5. The lowest BCUT2D eigenvalue weighted by Crippen LogP contribution is -2.18. The summed E-state index contributed by atoms with van der Waals surface area (Å²) in [6.07, 6.45) is 1.13. The highest BCUT2D eigenvalue weighted by Crippen LogP contribution is 2.26. The van der Waals surface area contributed by atoms with Crippen LogP contribution in [-0.2, 0) is 6.61 Å². The van der Waals surface area contributed by atoms with E-state index in [1.165, 1.54) is 5.69 Å². The molecule has 0 radical (unpaired) electrons. The van der Waals surface area contributed by atoms with Gasteiger partial charge < -0.3 is 10.0 Å². The highest BCUT2D eigenvalue weighted by Gasteiger charge is 2.04. The molecular weight excluding hydrogens is 242 g/mol. The predicted molar refractivity (Wildman–Crippen MR) is 63.6 cm³/mol. The number of benzene rings is 1. The van der Waals surface area contributed by atoms with Crippen LogP contribution in [0.1, 0.15) is 18.9 Å². The average molecular weight is 258 g/mol. The van der Waals surface area contributed by atoms with E-state index in [4.69, 9.17) is 5.11 Å². The van der Waals surface area contributed by atoms with Crippen LogP contribution in [-0.4, -0.2) is 18.7 Å². The summed E-state index contributed by atoms with van der Waals surface area (Å²) in [5.41, 5.74) is 2.11. The van der Waals surface area contributed by atoms with Crippen molar-refractivity contribution in [2.24, 2.45) is 0 Å². The Morgan fingerprint density at radius 2 is 2.14 bits per heavy atom. The van der Waals surface area contributed by atoms with Crippen molar-refractivity contribution in [1.29, 1.82) is 0 Å². The Bertz CT molecular complexity index is 301. The Labute approximate surface area is 93.7 Å². The van der Waals surface area contributed by atoms with Crippen molar-refractivity contribution >= 4 is 21.6 Å². The van der Waals surface area contributed by atoms with E-state index < -0.39 is 0 Å². The molecule has 0 amide bonds. The summed E-state index contributed by atoms with van der Waals surface area (Å²) in [5, 5.41) is 8.96. The first-order valence-corrected chi connectivity index (χ1v) is 5.58. The zero-order chi connectivity index (χ0) is 10.6. The first-order chi connectivity index (χ1) is 6.69. The third-order valence-corrected chi connectivity index (χ3v) is 2.80. The van der Waals surface area contributed by atoms with Crippen molar-refractivity contribution in [1.82, 2.24) is 0 Å². The van der Waals surface area contributed by atoms with Gasteiger partial charge in [-0.05, 0) is 40.0 Å². The smallest absolute Gasteiger partial charge is 0.0682 e. The minimum atomic E-state index is 0.0936. The van der Waals surface area contributed by atoms with Crippen LogP contribution in [0.2, 0.25) is 0 Å². The van der Waals surface area contributed by atoms with Gasteiger partial charge in [0.1, 0.15) is 0 Å². The van der Waals surface area contributed by atoms with Crippen LogP contribution >= 0.6 is 15.9 Å². The molecule has 1 rings (SSSR count). The van der Waals surface area contributed by atoms with Crippen LogP contribution in [0.15, 0.2) is 22.7 Å². The Hall–Kier alpha value is -0.540. The predicted octanol–water partition coefficient (Wildman–Crippen LogP) is 2.79. The molecule has 14 heavy (non-hydrogen) atoms. The highest BCUT2D eigenvalue weighted by atomic mass is 79.9. The van der Waals surface area contributed by atoms with Gasteiger partial charge in [0, 0.05) is 18.1 Å². The van der Waals surface area contributed by atoms with Gasteiger partial charge in [0.2, 0.25) is 0 Å². The summed E-state index contributed by atoms with van der Waals surface area (Å²) in [6, 6.07) is 5.94. The Morgan fingerprint density at radius 1 is 1.43 bits per heavy atom. The maximum Gasteiger partial charge on any atom is 0.0682 e. The molecule has 0 unspecified atom stereocenters. The van der Waals surface area contributed by atoms with Crippen LogP contribution in [0.25, 0.3) is 0 Å². The molecule has 0 saturated heterocycles. The number of hydrogen-bond donors (Lipinski definition) is 1. The maximum atomic E-state index is 8.96. The standard InChI is InChI=1S/C11H16BrNO/c1-3-6-13(2)11-5-4-9(8-14)7-10(11)12/h4-5,7,14H,3,6,8H2,1-2H3. The number of rotatable bonds is 4. The fourth-order valence-electron chi connectivity index (χ4n) is 1.41. The van der Waals surface area contributed by atoms with E-state index in [-0.39, 0.29) is 6.61 Å². The van der Waals surface area contributed by atoms with E-state index in [9.17, 15) is 0 Å². The normalized spacial score (nSPS) is 10.3. The minimum Gasteiger partial charge on any atom is -0.392 e. The van der Waals surface area contributed by atoms with E-state index in [1.54, 1.807) is 0 Å². The summed E-state index contributed by atoms with van der Waals surface area (Å²) in [4.78, 5) is 2.20. The first-order valence-electron chi connectivity index (χ1n) is 4.79. The van der Waals surface area contributed by atoms with Gasteiger partial charge in [-0.1, -0.05) is 13.0 Å². The summed E-state index contributed by atoms with van der Waals surface area (Å²) < 4.78 is 1.04. The van der Waals surface area contributed by atoms with Gasteiger partial charge in [-0.3, -0.25) is 0 Å². The molecule has 1 N–H and O–H groups in total. The van der Waals surface area contributed by atoms with Crippen molar-refractivity contribution in [3.63, 3.8) is 0 Å². The van der Waals surface area contributed by atoms with Gasteiger partial charge in [-0.25, -0.2) is 0 Å². The third-order valence-electron chi connectivity index (χ3n) is 2.16. The van der Waals surface area contributed by atoms with Crippen LogP contribution in [0.3, 0.4) is 0 Å². The van der Waals surface area contributed by atoms with Gasteiger partial charge in [-0.2, -0.15) is 0 Å². The molecular formula is C11H16BrNO. The van der Waals surface area contributed by atoms with Gasteiger partial charge >= 0.3 is 0 Å². The monoisotopic (exact) mass is 257 g/mol. The highest BCUT2D eigenvalue weighted by molar-refractivity contribution is 9.10. The Morgan fingerprint density at radius 3 is 2.64 bits per heavy atom. The summed E-state index contributed by atoms with van der Waals surface area (Å²) in [7, 11) is 2.07. The molecule has 3 heteroatoms. The lowest BCUT2D eigenvalue weighted by Gasteiger charge is -2.20. The van der Waals surface area contributed by atoms with Crippen LogP contribution in [0, 0.1) is 0 Å². The van der Waals surface area contributed by atoms with E-state index >= 15 is 0 Å². The second-order valence-corrected chi connectivity index (χ2v) is 4.22. The van der Waals surface area contributed by atoms with Crippen LogP contribution in [0.4, 0.5) is 5.69 Å². The summed E-state index contributed by atoms with van der Waals surface area (Å²) >= 11 is 3.51. The molecule has 0 aliphatic heterocycles. The quantitative estimate of drug-likeness (QED) is 0.897. The van der Waals surface area contributed by atoms with Crippen molar-refractivity contribution in [2.45, 2.75) is 20.0 Å². The maximum absolute atomic E-state index is 8.96. The van der Waals surface area contributed by atoms with Gasteiger partial charge in [0.15, 0.2) is 0 Å². The molecule has 2 nitrogen and oxygen atoms in total. The van der Waals surface area contributed by atoms with Crippen molar-refractivity contribution in [3.05, 3.63) is 28.2 Å². The second-order valence-electron chi connectivity index (χ2n) is 3.37. The average Bonchev–Trinajstić information content (AvgIpc) is 2.17. The molecule has 78 valence electrons. The van der Waals surface area contributed by atoms with E-state index in [0.717, 1.165) is 23.0 Å². The summed E-state index contributed by atoms with van der Waals surface area (Å²) in [5.74, 6) is 0. The lowest BCUT2D eigenvalue weighted by atomic mass is 10.2. The zero-order valence-electron chi connectivity index (χ0n) is 8.63. The molecule has 1 aromatic rings. The molecule has 0 heterocycles. The number of halogens is 1. The number of anilines is 1. The summed E-state index contributed by atoms with van der Waals surface area (Å²) in [6.45, 7) is 3.29. The van der Waals surface area contributed by atoms with E-state index in [1.807, 2.05) is 18.2 Å². The number of nitrogens with zero attached hydrogens (tertiary/aromatic N) is 1. The fourth-order valence-corrected chi connectivity index (χ4v) is 2.14. The molecule has 0 bridgehead atoms. The molecule has 1 aromatic carbocycles. The van der Waals surface area contributed by atoms with E-state index in [0.29, 0.717) is 0 Å². The topological polar surface area (TPSA) is 23.5 Å². The number of aliphatic hydroxyl groups is 1. The van der Waals surface area contributed by atoms with Gasteiger partial charge in [0.05, 0.1) is 12.3 Å². The van der Waals surface area contributed by atoms with Gasteiger partial charge in [0.25, 0.3) is 0 Å². The molecule has 0 spiro atoms. The minimum absolute atomic E-state index is 0.0936. The largest absolute Gasteiger partial charge is 0.392 e. The molecule has 0 fully saturated rings. The molecule has 0 saturated carbocycles. The van der Waals surface area contributed by atoms with Crippen molar-refractivity contribution in [3.8, 4) is 0 Å². The van der Waals surface area contributed by atoms with Crippen LogP contribution < -0.4 is 4.90 Å². The molecule has 0 aliphatic carbocycles. The van der Waals surface area contributed by atoms with Gasteiger partial charge in [-0.15, -0.1) is 0 Å². The zero-order valence-corrected chi connectivity index (χ0v) is 10.2. The fraction of sp³-hybridized carbons (Fsp3) is 0.455. The van der Waals surface area contributed by atoms with Crippen LogP contribution in [0.5, 0.6) is 0 Å². The van der Waals surface area contributed by atoms with E-state index in [2.05, 4.69) is 34.8 Å². The van der Waals surface area contributed by atoms with Crippen molar-refractivity contribution < 1.29 is 5.11 Å². The third kappa shape index (κ3) is 2.72. The molecule has 0 atom stereocenters. The second kappa shape index (κ2) is 5.37. The lowest BCUT2D eigenvalue weighted by molar-refractivity contribution is 0.282. The number of aliphatic hydroxyl groups excluding tert-OH is 1. The molecule has 0 aliphatic rings. The van der Waals surface area contributed by atoms with Crippen molar-refractivity contribution in [2.75, 3.05) is 18.5 Å².